The zero-order valence-electron chi connectivity index (χ0n) is 14.4. The van der Waals surface area contributed by atoms with Crippen LogP contribution in [0.5, 0.6) is 0 Å². The average molecular weight is 409 g/mol. The van der Waals surface area contributed by atoms with Crippen LogP contribution in [0.25, 0.3) is 0 Å². The first-order valence-corrected chi connectivity index (χ1v) is 18.0. The van der Waals surface area contributed by atoms with Gasteiger partial charge in [0.1, 0.15) is 0 Å². The first-order chi connectivity index (χ1) is 6.93. The zero-order valence-corrected chi connectivity index (χ0v) is 20.1. The molecular formula is C12H40P4Ru+4. The third-order valence-corrected chi connectivity index (χ3v) is 0. The Bertz CT molecular complexity index is 61.5. The van der Waals surface area contributed by atoms with Crippen LogP contribution >= 0.6 is 31.7 Å². The molecule has 0 unspecified atom stereocenters. The maximum Gasteiger partial charge on any atom is 0.0461 e. The maximum absolute atomic E-state index is 2.27. The Morgan fingerprint density at radius 2 is 0.294 bits per heavy atom. The molecule has 0 spiro atoms. The molecule has 5 heteroatoms. The molecule has 0 saturated heterocycles. The van der Waals surface area contributed by atoms with Crippen molar-refractivity contribution in [3.05, 3.63) is 0 Å². The fourth-order valence-corrected chi connectivity index (χ4v) is 0. The Morgan fingerprint density at radius 3 is 0.294 bits per heavy atom. The van der Waals surface area contributed by atoms with Gasteiger partial charge in [-0.2, -0.15) is 0 Å². The first kappa shape index (κ1) is 31.6. The van der Waals surface area contributed by atoms with Crippen LogP contribution in [0.3, 0.4) is 0 Å². The van der Waals surface area contributed by atoms with E-state index in [1.165, 1.54) is 0 Å². The molecule has 17 heavy (non-hydrogen) atoms. The number of rotatable bonds is 0. The van der Waals surface area contributed by atoms with E-state index in [4.69, 9.17) is 0 Å². The van der Waals surface area contributed by atoms with E-state index >= 15 is 0 Å². The molecule has 0 N–H and O–H groups in total. The van der Waals surface area contributed by atoms with Crippen molar-refractivity contribution in [2.45, 2.75) is 0 Å². The van der Waals surface area contributed by atoms with E-state index in [0.29, 0.717) is 0 Å². The smallest absolute Gasteiger partial charge is 0.00840 e. The van der Waals surface area contributed by atoms with Gasteiger partial charge in [-0.15, -0.1) is 0 Å². The van der Waals surface area contributed by atoms with E-state index in [2.05, 4.69) is 80.0 Å². The Kier molecular flexibility index (Phi) is 49.9. The van der Waals surface area contributed by atoms with Gasteiger partial charge in [0.05, 0.1) is 0 Å². The molecule has 0 amide bonds. The summed E-state index contributed by atoms with van der Waals surface area (Å²) in [5.41, 5.74) is 0. The molecule has 0 aromatic rings. The molecule has 0 fully saturated rings. The van der Waals surface area contributed by atoms with E-state index in [9.17, 15) is 0 Å². The summed E-state index contributed by atoms with van der Waals surface area (Å²) in [7, 11) is 0.481. The zero-order chi connectivity index (χ0) is 14.3. The van der Waals surface area contributed by atoms with Crippen LogP contribution in [0.15, 0.2) is 0 Å². The molecule has 0 aromatic heterocycles. The fourth-order valence-electron chi connectivity index (χ4n) is 0. The second-order valence-electron chi connectivity index (χ2n) is 6.00. The molecule has 0 nitrogen and oxygen atoms in total. The van der Waals surface area contributed by atoms with Crippen LogP contribution in [0.1, 0.15) is 0 Å². The average Bonchev–Trinajstić information content (AvgIpc) is 1.76. The fraction of sp³-hybridized carbons (Fsp3) is 1.00. The summed E-state index contributed by atoms with van der Waals surface area (Å²) < 4.78 is 0. The molecule has 0 radical (unpaired) electrons. The molecule has 0 heterocycles. The molecule has 0 aliphatic carbocycles. The second-order valence-corrected chi connectivity index (χ2v) is 18.0. The van der Waals surface area contributed by atoms with Crippen molar-refractivity contribution in [3.63, 3.8) is 0 Å². The predicted molar refractivity (Wildman–Crippen MR) is 104 cm³/mol. The number of hydrogen-bond donors (Lipinski definition) is 0. The molecule has 0 saturated carbocycles. The molecule has 0 rings (SSSR count). The van der Waals surface area contributed by atoms with Crippen LogP contribution < -0.4 is 0 Å². The summed E-state index contributed by atoms with van der Waals surface area (Å²) in [6.45, 7) is 27.2. The quantitative estimate of drug-likeness (QED) is 0.412. The van der Waals surface area contributed by atoms with Crippen LogP contribution in [0, 0.1) is 0 Å². The van der Waals surface area contributed by atoms with Gasteiger partial charge in [0.2, 0.25) is 0 Å². The summed E-state index contributed by atoms with van der Waals surface area (Å²) in [6.07, 6.45) is 0. The Morgan fingerprint density at radius 1 is 0.294 bits per heavy atom. The van der Waals surface area contributed by atoms with E-state index in [0.717, 1.165) is 0 Å². The van der Waals surface area contributed by atoms with Gasteiger partial charge >= 0.3 is 0 Å². The van der Waals surface area contributed by atoms with Gasteiger partial charge in [0.25, 0.3) is 0 Å². The molecule has 0 bridgehead atoms. The SMILES string of the molecule is C[PH+](C)C.C[PH+](C)C.C[PH+](C)C.C[PH+](C)C.[Ru]. The van der Waals surface area contributed by atoms with Gasteiger partial charge in [0, 0.05) is 99.5 Å². The summed E-state index contributed by atoms with van der Waals surface area (Å²) in [5, 5.41) is 0. The molecule has 0 aromatic carbocycles. The van der Waals surface area contributed by atoms with Crippen LogP contribution in [0.2, 0.25) is 0 Å². The van der Waals surface area contributed by atoms with Crippen molar-refractivity contribution in [1.29, 1.82) is 0 Å². The van der Waals surface area contributed by atoms with E-state index in [1.807, 2.05) is 0 Å². The molecule has 0 atom stereocenters. The molecular weight excluding hydrogens is 369 g/mol. The number of hydrogen-bond acceptors (Lipinski definition) is 0. The minimum Gasteiger partial charge on any atom is -0.00840 e. The maximum atomic E-state index is 2.27. The third-order valence-electron chi connectivity index (χ3n) is 0. The minimum atomic E-state index is 0. The van der Waals surface area contributed by atoms with Crippen molar-refractivity contribution in [1.82, 2.24) is 0 Å². The standard InChI is InChI=1S/4C3H9P.Ru/c4*1-4(2)3;/h4*1-3H3;/p+4. The van der Waals surface area contributed by atoms with E-state index < -0.39 is 0 Å². The van der Waals surface area contributed by atoms with Crippen molar-refractivity contribution in [2.24, 2.45) is 0 Å². The van der Waals surface area contributed by atoms with Crippen molar-refractivity contribution in [2.75, 3.05) is 80.0 Å². The predicted octanol–water partition coefficient (Wildman–Crippen LogP) is 4.36. The van der Waals surface area contributed by atoms with Crippen molar-refractivity contribution in [3.8, 4) is 0 Å². The first-order valence-electron chi connectivity index (χ1n) is 6.00. The van der Waals surface area contributed by atoms with Crippen LogP contribution in [-0.2, 0) is 19.5 Å². The summed E-state index contributed by atoms with van der Waals surface area (Å²) in [5.74, 6) is 0. The minimum absolute atomic E-state index is 0. The van der Waals surface area contributed by atoms with Gasteiger partial charge < -0.3 is 0 Å². The monoisotopic (exact) mass is 410 g/mol. The molecule has 0 aliphatic rings. The topological polar surface area (TPSA) is 0 Å². The Balaban J connectivity index is -0.0000000369. The summed E-state index contributed by atoms with van der Waals surface area (Å²) >= 11 is 0. The van der Waals surface area contributed by atoms with Gasteiger partial charge in [0.15, 0.2) is 0 Å². The van der Waals surface area contributed by atoms with Gasteiger partial charge in [-0.3, -0.25) is 0 Å². The normalized spacial score (nSPS) is 8.47. The van der Waals surface area contributed by atoms with Gasteiger partial charge in [-0.05, 0) is 31.7 Å². The van der Waals surface area contributed by atoms with Crippen LogP contribution in [0.4, 0.5) is 0 Å². The summed E-state index contributed by atoms with van der Waals surface area (Å²) in [6, 6.07) is 0. The van der Waals surface area contributed by atoms with Gasteiger partial charge in [-0.25, -0.2) is 0 Å². The third kappa shape index (κ3) is 892. The largest absolute Gasteiger partial charge is 0.0461 e. The summed E-state index contributed by atoms with van der Waals surface area (Å²) in [4.78, 5) is 0. The van der Waals surface area contributed by atoms with Crippen LogP contribution in [-0.4, -0.2) is 80.0 Å². The molecule has 112 valence electrons. The van der Waals surface area contributed by atoms with E-state index in [-0.39, 0.29) is 51.2 Å². The van der Waals surface area contributed by atoms with Crippen molar-refractivity contribution >= 4 is 31.7 Å². The second kappa shape index (κ2) is 26.8. The Labute approximate surface area is 131 Å². The molecule has 0 aliphatic heterocycles. The Hall–Kier alpha value is 2.34. The van der Waals surface area contributed by atoms with Crippen molar-refractivity contribution < 1.29 is 19.5 Å². The van der Waals surface area contributed by atoms with Gasteiger partial charge in [-0.1, -0.05) is 0 Å². The van der Waals surface area contributed by atoms with E-state index in [1.54, 1.807) is 0 Å².